The number of rotatable bonds is 8. The average Bonchev–Trinajstić information content (AvgIpc) is 2.55. The molecule has 0 aliphatic heterocycles. The molecule has 0 fully saturated rings. The van der Waals surface area contributed by atoms with Gasteiger partial charge in [0.05, 0.1) is 22.9 Å². The van der Waals surface area contributed by atoms with Crippen LogP contribution < -0.4 is 10.1 Å². The molecule has 0 spiro atoms. The number of benzene rings is 2. The first kappa shape index (κ1) is 18.4. The third-order valence-electron chi connectivity index (χ3n) is 3.55. The van der Waals surface area contributed by atoms with Gasteiger partial charge < -0.3 is 15.2 Å². The molecule has 0 bridgehead atoms. The second kappa shape index (κ2) is 8.81. The summed E-state index contributed by atoms with van der Waals surface area (Å²) in [6.07, 6.45) is 1.65. The molecule has 2 rings (SSSR count). The molecule has 0 heterocycles. The largest absolute Gasteiger partial charge is 0.492 e. The van der Waals surface area contributed by atoms with Gasteiger partial charge >= 0.3 is 5.97 Å². The number of halogens is 2. The number of hydrogen-bond acceptors (Lipinski definition) is 3. The molecule has 0 aromatic heterocycles. The molecule has 4 nitrogen and oxygen atoms in total. The van der Waals surface area contributed by atoms with Gasteiger partial charge in [-0.2, -0.15) is 0 Å². The number of anilines is 1. The van der Waals surface area contributed by atoms with Crippen LogP contribution in [0.2, 0.25) is 10.0 Å². The molecular formula is C18H19Cl2NO3. The zero-order valence-electron chi connectivity index (χ0n) is 13.3. The minimum absolute atomic E-state index is 0.289. The Morgan fingerprint density at radius 3 is 2.67 bits per heavy atom. The van der Waals surface area contributed by atoms with E-state index in [1.54, 1.807) is 30.3 Å². The van der Waals surface area contributed by atoms with E-state index in [1.807, 2.05) is 13.0 Å². The van der Waals surface area contributed by atoms with Crippen LogP contribution in [0.5, 0.6) is 5.75 Å². The van der Waals surface area contributed by atoms with Gasteiger partial charge in [-0.25, -0.2) is 4.79 Å². The normalized spacial score (nSPS) is 10.5. The molecule has 2 N–H and O–H groups in total. The van der Waals surface area contributed by atoms with Gasteiger partial charge in [0.1, 0.15) is 10.8 Å². The third-order valence-corrected chi connectivity index (χ3v) is 4.35. The minimum atomic E-state index is -0.930. The summed E-state index contributed by atoms with van der Waals surface area (Å²) < 4.78 is 5.62. The number of aryl methyl sites for hydroxylation is 1. The predicted octanol–water partition coefficient (Wildman–Crippen LogP) is 5.27. The van der Waals surface area contributed by atoms with Crippen molar-refractivity contribution in [2.24, 2.45) is 0 Å². The van der Waals surface area contributed by atoms with E-state index in [2.05, 4.69) is 5.32 Å². The highest BCUT2D eigenvalue weighted by Gasteiger charge is 2.11. The van der Waals surface area contributed by atoms with Gasteiger partial charge in [0.25, 0.3) is 0 Å². The van der Waals surface area contributed by atoms with Gasteiger partial charge in [-0.15, -0.1) is 0 Å². The molecule has 0 saturated heterocycles. The minimum Gasteiger partial charge on any atom is -0.492 e. The molecule has 0 aliphatic carbocycles. The molecule has 24 heavy (non-hydrogen) atoms. The van der Waals surface area contributed by atoms with Gasteiger partial charge in [-0.1, -0.05) is 41.4 Å². The molecule has 6 heteroatoms. The summed E-state index contributed by atoms with van der Waals surface area (Å²) in [7, 11) is 0. The van der Waals surface area contributed by atoms with E-state index in [9.17, 15) is 9.90 Å². The fourth-order valence-corrected chi connectivity index (χ4v) is 2.65. The highest BCUT2D eigenvalue weighted by Crippen LogP contribution is 2.31. The van der Waals surface area contributed by atoms with Crippen molar-refractivity contribution in [1.82, 2.24) is 0 Å². The SMILES string of the molecule is Cc1cccc(C(=O)O)c1NCCCCOc1cccc(Cl)c1Cl. The van der Waals surface area contributed by atoms with E-state index in [0.717, 1.165) is 18.4 Å². The van der Waals surface area contributed by atoms with E-state index in [-0.39, 0.29) is 5.56 Å². The van der Waals surface area contributed by atoms with Crippen LogP contribution in [0.1, 0.15) is 28.8 Å². The third kappa shape index (κ3) is 4.79. The van der Waals surface area contributed by atoms with Crippen molar-refractivity contribution in [1.29, 1.82) is 0 Å². The van der Waals surface area contributed by atoms with E-state index >= 15 is 0 Å². The maximum Gasteiger partial charge on any atom is 0.337 e. The Kier molecular flexibility index (Phi) is 6.76. The molecule has 0 radical (unpaired) electrons. The lowest BCUT2D eigenvalue weighted by Crippen LogP contribution is -2.10. The van der Waals surface area contributed by atoms with Gasteiger partial charge in [0.15, 0.2) is 0 Å². The Morgan fingerprint density at radius 2 is 1.92 bits per heavy atom. The second-order valence-corrected chi connectivity index (χ2v) is 6.12. The van der Waals surface area contributed by atoms with E-state index < -0.39 is 5.97 Å². The quantitative estimate of drug-likeness (QED) is 0.623. The Labute approximate surface area is 151 Å². The van der Waals surface area contributed by atoms with Crippen LogP contribution in [0.3, 0.4) is 0 Å². The summed E-state index contributed by atoms with van der Waals surface area (Å²) in [6, 6.07) is 10.5. The first-order chi connectivity index (χ1) is 11.5. The summed E-state index contributed by atoms with van der Waals surface area (Å²) in [5.74, 6) is -0.357. The monoisotopic (exact) mass is 367 g/mol. The van der Waals surface area contributed by atoms with Crippen LogP contribution in [0.25, 0.3) is 0 Å². The van der Waals surface area contributed by atoms with Crippen LogP contribution in [-0.2, 0) is 0 Å². The fourth-order valence-electron chi connectivity index (χ4n) is 2.30. The summed E-state index contributed by atoms with van der Waals surface area (Å²) in [5.41, 5.74) is 1.87. The second-order valence-electron chi connectivity index (χ2n) is 5.34. The van der Waals surface area contributed by atoms with Crippen LogP contribution >= 0.6 is 23.2 Å². The van der Waals surface area contributed by atoms with E-state index in [0.29, 0.717) is 34.6 Å². The van der Waals surface area contributed by atoms with Crippen molar-refractivity contribution in [2.45, 2.75) is 19.8 Å². The fraction of sp³-hybridized carbons (Fsp3) is 0.278. The van der Waals surface area contributed by atoms with Gasteiger partial charge in [0, 0.05) is 6.54 Å². The average molecular weight is 368 g/mol. The lowest BCUT2D eigenvalue weighted by molar-refractivity contribution is 0.0698. The highest BCUT2D eigenvalue weighted by molar-refractivity contribution is 6.42. The van der Waals surface area contributed by atoms with Crippen molar-refractivity contribution in [3.05, 3.63) is 57.6 Å². The topological polar surface area (TPSA) is 58.6 Å². The maximum atomic E-state index is 11.2. The number of carbonyl (C=O) groups is 1. The van der Waals surface area contributed by atoms with Crippen molar-refractivity contribution in [2.75, 3.05) is 18.5 Å². The number of carboxylic acids is 1. The van der Waals surface area contributed by atoms with Crippen molar-refractivity contribution >= 4 is 34.9 Å². The molecular weight excluding hydrogens is 349 g/mol. The number of unbranched alkanes of at least 4 members (excludes halogenated alkanes) is 1. The summed E-state index contributed by atoms with van der Waals surface area (Å²) in [6.45, 7) is 3.07. The van der Waals surface area contributed by atoms with Gasteiger partial charge in [0.2, 0.25) is 0 Å². The number of ether oxygens (including phenoxy) is 1. The Bertz CT molecular complexity index is 719. The van der Waals surface area contributed by atoms with Gasteiger partial charge in [-0.3, -0.25) is 0 Å². The number of aromatic carboxylic acids is 1. The Hall–Kier alpha value is -1.91. The van der Waals surface area contributed by atoms with Crippen LogP contribution in [0.15, 0.2) is 36.4 Å². The van der Waals surface area contributed by atoms with Crippen LogP contribution in [0.4, 0.5) is 5.69 Å². The smallest absolute Gasteiger partial charge is 0.337 e. The lowest BCUT2D eigenvalue weighted by atomic mass is 10.1. The number of hydrogen-bond donors (Lipinski definition) is 2. The number of nitrogens with one attached hydrogen (secondary N) is 1. The zero-order chi connectivity index (χ0) is 17.5. The summed E-state index contributed by atoms with van der Waals surface area (Å²) >= 11 is 12.0. The first-order valence-electron chi connectivity index (χ1n) is 7.64. The number of para-hydroxylation sites is 1. The first-order valence-corrected chi connectivity index (χ1v) is 8.40. The predicted molar refractivity (Wildman–Crippen MR) is 97.8 cm³/mol. The zero-order valence-corrected chi connectivity index (χ0v) is 14.8. The molecule has 0 atom stereocenters. The highest BCUT2D eigenvalue weighted by atomic mass is 35.5. The molecule has 0 unspecified atom stereocenters. The van der Waals surface area contributed by atoms with Crippen LogP contribution in [0, 0.1) is 6.92 Å². The molecule has 0 amide bonds. The Morgan fingerprint density at radius 1 is 1.17 bits per heavy atom. The Balaban J connectivity index is 1.78. The molecule has 128 valence electrons. The molecule has 0 aliphatic rings. The summed E-state index contributed by atoms with van der Waals surface area (Å²) in [4.78, 5) is 11.2. The van der Waals surface area contributed by atoms with Crippen molar-refractivity contribution in [3.63, 3.8) is 0 Å². The summed E-state index contributed by atoms with van der Waals surface area (Å²) in [5, 5.41) is 13.3. The van der Waals surface area contributed by atoms with E-state index in [4.69, 9.17) is 27.9 Å². The standard InChI is InChI=1S/C18H19Cl2NO3/c1-12-6-4-7-13(18(22)23)17(12)21-10-2-3-11-24-15-9-5-8-14(19)16(15)20/h4-9,21H,2-3,10-11H2,1H3,(H,22,23). The van der Waals surface area contributed by atoms with Crippen molar-refractivity contribution in [3.8, 4) is 5.75 Å². The molecule has 0 saturated carbocycles. The van der Waals surface area contributed by atoms with Gasteiger partial charge in [-0.05, 0) is 43.5 Å². The molecule has 2 aromatic rings. The maximum absolute atomic E-state index is 11.2. The van der Waals surface area contributed by atoms with Crippen LogP contribution in [-0.4, -0.2) is 24.2 Å². The number of carboxylic acid groups (broad SMARTS) is 1. The molecule has 2 aromatic carbocycles. The lowest BCUT2D eigenvalue weighted by Gasteiger charge is -2.13. The van der Waals surface area contributed by atoms with E-state index in [1.165, 1.54) is 0 Å². The van der Waals surface area contributed by atoms with Crippen molar-refractivity contribution < 1.29 is 14.6 Å².